The second-order valence-electron chi connectivity index (χ2n) is 9.41. The average Bonchev–Trinajstić information content (AvgIpc) is 3.69. The van der Waals surface area contributed by atoms with Gasteiger partial charge >= 0.3 is 11.9 Å². The molecule has 3 heterocycles. The molecule has 0 aliphatic heterocycles. The van der Waals surface area contributed by atoms with Crippen molar-refractivity contribution >= 4 is 29.0 Å². The highest BCUT2D eigenvalue weighted by Gasteiger charge is 2.19. The van der Waals surface area contributed by atoms with Crippen molar-refractivity contribution in [3.05, 3.63) is 107 Å². The molecule has 9 heteroatoms. The maximum atomic E-state index is 12.6. The van der Waals surface area contributed by atoms with Gasteiger partial charge in [0.1, 0.15) is 24.2 Å². The number of esters is 1. The molecule has 0 aliphatic carbocycles. The molecule has 0 aliphatic rings. The van der Waals surface area contributed by atoms with Gasteiger partial charge < -0.3 is 23.0 Å². The Hall–Kier alpha value is -5.05. The minimum Gasteiger partial charge on any atom is -0.486 e. The van der Waals surface area contributed by atoms with Gasteiger partial charge in [0.05, 0.1) is 13.3 Å². The molecule has 1 N–H and O–H groups in total. The number of rotatable bonds is 9. The lowest BCUT2D eigenvalue weighted by atomic mass is 10.2. The van der Waals surface area contributed by atoms with Crippen LogP contribution in [0.5, 0.6) is 5.75 Å². The van der Waals surface area contributed by atoms with E-state index in [0.717, 1.165) is 33.5 Å². The molecular formula is C31H30N4O5. The lowest BCUT2D eigenvalue weighted by molar-refractivity contribution is -0.143. The quantitative estimate of drug-likeness (QED) is 0.147. The van der Waals surface area contributed by atoms with Crippen LogP contribution in [0.4, 0.5) is 0 Å². The molecule has 2 aromatic carbocycles. The number of aryl methyl sites for hydroxylation is 2. The summed E-state index contributed by atoms with van der Waals surface area (Å²) in [6.45, 7) is 6.08. The fourth-order valence-corrected chi connectivity index (χ4v) is 4.65. The largest absolute Gasteiger partial charge is 0.486 e. The van der Waals surface area contributed by atoms with Crippen LogP contribution in [-0.2, 0) is 16.1 Å². The molecule has 0 fully saturated rings. The molecule has 0 bridgehead atoms. The maximum absolute atomic E-state index is 12.6. The van der Waals surface area contributed by atoms with Gasteiger partial charge in [0.2, 0.25) is 0 Å². The average molecular weight is 539 g/mol. The molecule has 9 nitrogen and oxygen atoms in total. The number of hydrogen-bond acceptors (Lipinski definition) is 6. The molecule has 1 atom stereocenters. The number of methoxy groups -OCH3 is 1. The SMILES string of the molecule is COC(=O)[C@H](C)n1cc(/C=N/NC(=O)c2ccc(COc3ccc(-n4c(C)ccc4C)cc3)o2)c2ccccc21. The van der Waals surface area contributed by atoms with Gasteiger partial charge in [-0.15, -0.1) is 0 Å². The number of hydrazone groups is 1. The van der Waals surface area contributed by atoms with Crippen molar-refractivity contribution in [2.75, 3.05) is 7.11 Å². The van der Waals surface area contributed by atoms with E-state index in [9.17, 15) is 9.59 Å². The van der Waals surface area contributed by atoms with Gasteiger partial charge in [-0.05, 0) is 75.4 Å². The minimum atomic E-state index is -0.513. The van der Waals surface area contributed by atoms with E-state index in [0.29, 0.717) is 11.5 Å². The molecule has 1 amide bonds. The van der Waals surface area contributed by atoms with Crippen LogP contribution < -0.4 is 10.2 Å². The second kappa shape index (κ2) is 11.4. The Morgan fingerprint density at radius 3 is 2.45 bits per heavy atom. The van der Waals surface area contributed by atoms with E-state index in [-0.39, 0.29) is 18.3 Å². The van der Waals surface area contributed by atoms with Gasteiger partial charge in [0, 0.05) is 39.7 Å². The van der Waals surface area contributed by atoms with E-state index < -0.39 is 11.9 Å². The van der Waals surface area contributed by atoms with Gasteiger partial charge in [-0.2, -0.15) is 5.10 Å². The third kappa shape index (κ3) is 5.40. The van der Waals surface area contributed by atoms with Crippen LogP contribution in [0.1, 0.15) is 46.2 Å². The number of nitrogens with one attached hydrogen (secondary N) is 1. The molecule has 0 unspecified atom stereocenters. The Bertz CT molecular complexity index is 1670. The van der Waals surface area contributed by atoms with Crippen molar-refractivity contribution < 1.29 is 23.5 Å². The third-order valence-corrected chi connectivity index (χ3v) is 6.73. The van der Waals surface area contributed by atoms with Gasteiger partial charge in [-0.25, -0.2) is 10.2 Å². The summed E-state index contributed by atoms with van der Waals surface area (Å²) in [7, 11) is 1.36. The number of aromatic nitrogens is 2. The smallest absolute Gasteiger partial charge is 0.328 e. The number of carbonyl (C=O) groups is 2. The number of fused-ring (bicyclic) bond motifs is 1. The Morgan fingerprint density at radius 2 is 1.73 bits per heavy atom. The first kappa shape index (κ1) is 26.6. The zero-order valence-electron chi connectivity index (χ0n) is 22.8. The molecule has 0 saturated carbocycles. The predicted molar refractivity (Wildman–Crippen MR) is 152 cm³/mol. The molecule has 5 rings (SSSR count). The summed E-state index contributed by atoms with van der Waals surface area (Å²) in [5, 5.41) is 4.99. The standard InChI is InChI=1S/C31H30N4O5/c1-20-9-10-21(2)35(20)24-11-13-25(14-12-24)39-19-26-15-16-29(40-26)30(36)33-32-17-23-18-34(22(3)31(37)38-4)28-8-6-5-7-27(23)28/h5-18,22H,19H2,1-4H3,(H,33,36)/b32-17+/t22-/m0/s1. The van der Waals surface area contributed by atoms with Gasteiger partial charge in [0.15, 0.2) is 5.76 Å². The monoisotopic (exact) mass is 538 g/mol. The number of nitrogens with zero attached hydrogens (tertiary/aromatic N) is 3. The summed E-state index contributed by atoms with van der Waals surface area (Å²) < 4.78 is 20.4. The second-order valence-corrected chi connectivity index (χ2v) is 9.41. The summed E-state index contributed by atoms with van der Waals surface area (Å²) in [5.74, 6) is 0.478. The lowest BCUT2D eigenvalue weighted by Crippen LogP contribution is -2.17. The number of carbonyl (C=O) groups excluding carboxylic acids is 2. The van der Waals surface area contributed by atoms with E-state index >= 15 is 0 Å². The molecule has 40 heavy (non-hydrogen) atoms. The fourth-order valence-electron chi connectivity index (χ4n) is 4.65. The highest BCUT2D eigenvalue weighted by molar-refractivity contribution is 6.00. The van der Waals surface area contributed by atoms with E-state index in [1.807, 2.05) is 53.1 Å². The normalized spacial score (nSPS) is 12.1. The highest BCUT2D eigenvalue weighted by atomic mass is 16.5. The Kier molecular flexibility index (Phi) is 7.54. The van der Waals surface area contributed by atoms with E-state index in [1.54, 1.807) is 25.3 Å². The van der Waals surface area contributed by atoms with Gasteiger partial charge in [-0.3, -0.25) is 4.79 Å². The number of hydrogen-bond donors (Lipinski definition) is 1. The lowest BCUT2D eigenvalue weighted by Gasteiger charge is -2.12. The van der Waals surface area contributed by atoms with Crippen molar-refractivity contribution in [2.24, 2.45) is 5.10 Å². The molecule has 0 spiro atoms. The first-order valence-electron chi connectivity index (χ1n) is 12.8. The van der Waals surface area contributed by atoms with Crippen LogP contribution in [0.15, 0.2) is 88.5 Å². The van der Waals surface area contributed by atoms with Gasteiger partial charge in [0.25, 0.3) is 0 Å². The Labute approximate surface area is 231 Å². The molecule has 5 aromatic rings. The molecule has 204 valence electrons. The molecule has 0 radical (unpaired) electrons. The topological polar surface area (TPSA) is 100.0 Å². The summed E-state index contributed by atoms with van der Waals surface area (Å²) >= 11 is 0. The predicted octanol–water partition coefficient (Wildman–Crippen LogP) is 5.72. The molecular weight excluding hydrogens is 508 g/mol. The zero-order valence-corrected chi connectivity index (χ0v) is 22.8. The number of furan rings is 1. The minimum absolute atomic E-state index is 0.117. The maximum Gasteiger partial charge on any atom is 0.328 e. The van der Waals surface area contributed by atoms with Crippen LogP contribution in [0.25, 0.3) is 16.6 Å². The van der Waals surface area contributed by atoms with Crippen molar-refractivity contribution in [2.45, 2.75) is 33.4 Å². The first-order chi connectivity index (χ1) is 19.4. The number of amides is 1. The van der Waals surface area contributed by atoms with Crippen molar-refractivity contribution in [1.82, 2.24) is 14.6 Å². The van der Waals surface area contributed by atoms with Gasteiger partial charge in [-0.1, -0.05) is 18.2 Å². The molecule has 3 aromatic heterocycles. The van der Waals surface area contributed by atoms with Crippen LogP contribution >= 0.6 is 0 Å². The molecule has 0 saturated heterocycles. The van der Waals surface area contributed by atoms with Crippen molar-refractivity contribution in [3.63, 3.8) is 0 Å². The van der Waals surface area contributed by atoms with Crippen LogP contribution in [-0.4, -0.2) is 34.3 Å². The Balaban J connectivity index is 1.20. The van der Waals surface area contributed by atoms with Crippen LogP contribution in [0, 0.1) is 13.8 Å². The fraction of sp³-hybridized carbons (Fsp3) is 0.194. The van der Waals surface area contributed by atoms with Crippen molar-refractivity contribution in [1.29, 1.82) is 0 Å². The number of benzene rings is 2. The van der Waals surface area contributed by atoms with Crippen LogP contribution in [0.2, 0.25) is 0 Å². The number of para-hydroxylation sites is 1. The number of ether oxygens (including phenoxy) is 2. The summed E-state index contributed by atoms with van der Waals surface area (Å²) in [6, 6.07) is 22.4. The van der Waals surface area contributed by atoms with E-state index in [1.165, 1.54) is 13.3 Å². The summed E-state index contributed by atoms with van der Waals surface area (Å²) in [4.78, 5) is 24.7. The Morgan fingerprint density at radius 1 is 1.00 bits per heavy atom. The third-order valence-electron chi connectivity index (χ3n) is 6.73. The van der Waals surface area contributed by atoms with E-state index in [2.05, 4.69) is 41.1 Å². The first-order valence-corrected chi connectivity index (χ1v) is 12.8. The van der Waals surface area contributed by atoms with E-state index in [4.69, 9.17) is 13.9 Å². The van der Waals surface area contributed by atoms with Crippen LogP contribution in [0.3, 0.4) is 0 Å². The summed E-state index contributed by atoms with van der Waals surface area (Å²) in [5.41, 5.74) is 7.48. The zero-order chi connectivity index (χ0) is 28.2. The summed E-state index contributed by atoms with van der Waals surface area (Å²) in [6.07, 6.45) is 3.34. The van der Waals surface area contributed by atoms with Crippen molar-refractivity contribution in [3.8, 4) is 11.4 Å². The highest BCUT2D eigenvalue weighted by Crippen LogP contribution is 2.24.